The summed E-state index contributed by atoms with van der Waals surface area (Å²) in [5.74, 6) is 0.232. The summed E-state index contributed by atoms with van der Waals surface area (Å²) in [6.45, 7) is 0. The lowest BCUT2D eigenvalue weighted by atomic mass is 10.1. The Morgan fingerprint density at radius 1 is 1.12 bits per heavy atom. The zero-order valence-electron chi connectivity index (χ0n) is 16.8. The van der Waals surface area contributed by atoms with Crippen LogP contribution in [0.4, 0.5) is 27.2 Å². The van der Waals surface area contributed by atoms with Gasteiger partial charge in [-0.05, 0) is 17.7 Å². The highest BCUT2D eigenvalue weighted by Gasteiger charge is 2.22. The third-order valence-corrected chi connectivity index (χ3v) is 5.66. The predicted octanol–water partition coefficient (Wildman–Crippen LogP) is 5.08. The Bertz CT molecular complexity index is 1350. The Morgan fingerprint density at radius 2 is 1.88 bits per heavy atom. The van der Waals surface area contributed by atoms with Gasteiger partial charge in [-0.15, -0.1) is 0 Å². The van der Waals surface area contributed by atoms with E-state index in [-0.39, 0.29) is 27.9 Å². The van der Waals surface area contributed by atoms with Gasteiger partial charge in [0.15, 0.2) is 11.0 Å². The van der Waals surface area contributed by atoms with Crippen molar-refractivity contribution >= 4 is 51.5 Å². The van der Waals surface area contributed by atoms with Crippen LogP contribution in [0.15, 0.2) is 54.6 Å². The van der Waals surface area contributed by atoms with E-state index in [4.69, 9.17) is 11.6 Å². The van der Waals surface area contributed by atoms with Gasteiger partial charge in [0.05, 0.1) is 10.6 Å². The summed E-state index contributed by atoms with van der Waals surface area (Å²) in [6.07, 6.45) is -1.17. The molecule has 0 unspecified atom stereocenters. The van der Waals surface area contributed by atoms with Gasteiger partial charge in [-0.2, -0.15) is 15.0 Å². The van der Waals surface area contributed by atoms with E-state index in [0.29, 0.717) is 16.3 Å². The van der Waals surface area contributed by atoms with Gasteiger partial charge in [0.2, 0.25) is 11.2 Å². The lowest BCUT2D eigenvalue weighted by molar-refractivity contribution is -0.384. The SMILES string of the molecule is CN(C(=O)O)c1nc(-c2ccccc2)c(-c2nc(Cl)nc(Nc3cccc([N+](=O)[O-])c3)n2)s1. The molecule has 0 radical (unpaired) electrons. The quantitative estimate of drug-likeness (QED) is 0.283. The van der Waals surface area contributed by atoms with Gasteiger partial charge < -0.3 is 10.4 Å². The van der Waals surface area contributed by atoms with Crippen molar-refractivity contribution in [1.29, 1.82) is 0 Å². The minimum atomic E-state index is -1.17. The maximum atomic E-state index is 11.5. The zero-order chi connectivity index (χ0) is 23.5. The first-order valence-electron chi connectivity index (χ1n) is 9.28. The number of aromatic nitrogens is 4. The topological polar surface area (TPSA) is 147 Å². The summed E-state index contributed by atoms with van der Waals surface area (Å²) in [7, 11) is 1.38. The first-order valence-corrected chi connectivity index (χ1v) is 10.5. The molecule has 0 saturated carbocycles. The van der Waals surface area contributed by atoms with Gasteiger partial charge >= 0.3 is 6.09 Å². The first-order chi connectivity index (χ1) is 15.8. The molecule has 4 rings (SSSR count). The van der Waals surface area contributed by atoms with Gasteiger partial charge in [0.1, 0.15) is 4.88 Å². The van der Waals surface area contributed by atoms with E-state index in [1.165, 1.54) is 25.2 Å². The molecule has 0 spiro atoms. The number of nitrogens with zero attached hydrogens (tertiary/aromatic N) is 6. The summed E-state index contributed by atoms with van der Waals surface area (Å²) in [5.41, 5.74) is 1.50. The Labute approximate surface area is 195 Å². The van der Waals surface area contributed by atoms with Crippen LogP contribution in [0.25, 0.3) is 22.0 Å². The number of nitrogens with one attached hydrogen (secondary N) is 1. The van der Waals surface area contributed by atoms with Crippen LogP contribution >= 0.6 is 22.9 Å². The van der Waals surface area contributed by atoms with E-state index >= 15 is 0 Å². The van der Waals surface area contributed by atoms with Crippen LogP contribution in [0.2, 0.25) is 5.28 Å². The number of hydrogen-bond donors (Lipinski definition) is 2. The number of anilines is 3. The van der Waals surface area contributed by atoms with Crippen molar-refractivity contribution in [2.75, 3.05) is 17.3 Å². The Hall–Kier alpha value is -4.16. The molecule has 0 atom stereocenters. The molecule has 0 bridgehead atoms. The molecule has 0 saturated heterocycles. The van der Waals surface area contributed by atoms with E-state index in [9.17, 15) is 20.0 Å². The maximum absolute atomic E-state index is 11.5. The van der Waals surface area contributed by atoms with Gasteiger partial charge in [-0.1, -0.05) is 47.7 Å². The van der Waals surface area contributed by atoms with E-state index in [1.807, 2.05) is 30.3 Å². The van der Waals surface area contributed by atoms with Crippen molar-refractivity contribution in [3.8, 4) is 22.0 Å². The minimum absolute atomic E-state index is 0.0612. The van der Waals surface area contributed by atoms with Crippen molar-refractivity contribution in [1.82, 2.24) is 19.9 Å². The summed E-state index contributed by atoms with van der Waals surface area (Å²) >= 11 is 7.21. The minimum Gasteiger partial charge on any atom is -0.465 e. The number of benzene rings is 2. The number of hydrogen-bond acceptors (Lipinski definition) is 9. The summed E-state index contributed by atoms with van der Waals surface area (Å²) in [6, 6.07) is 15.0. The molecular formula is C20H14ClN7O4S. The molecule has 2 heterocycles. The van der Waals surface area contributed by atoms with Gasteiger partial charge in [-0.3, -0.25) is 15.0 Å². The molecule has 4 aromatic rings. The molecule has 11 nitrogen and oxygen atoms in total. The van der Waals surface area contributed by atoms with Crippen molar-refractivity contribution in [2.24, 2.45) is 0 Å². The average Bonchev–Trinajstić information content (AvgIpc) is 3.24. The smallest absolute Gasteiger partial charge is 0.413 e. The number of halogens is 1. The zero-order valence-corrected chi connectivity index (χ0v) is 18.4. The summed E-state index contributed by atoms with van der Waals surface area (Å²) < 4.78 is 0. The fourth-order valence-corrected chi connectivity index (χ4v) is 3.95. The number of thiazole rings is 1. The van der Waals surface area contributed by atoms with E-state index in [0.717, 1.165) is 21.8 Å². The number of rotatable bonds is 6. The highest BCUT2D eigenvalue weighted by molar-refractivity contribution is 7.19. The Balaban J connectivity index is 1.79. The number of nitro groups is 1. The summed E-state index contributed by atoms with van der Waals surface area (Å²) in [4.78, 5) is 40.6. The lowest BCUT2D eigenvalue weighted by Crippen LogP contribution is -2.23. The van der Waals surface area contributed by atoms with Crippen LogP contribution in [-0.4, -0.2) is 43.1 Å². The lowest BCUT2D eigenvalue weighted by Gasteiger charge is -2.07. The van der Waals surface area contributed by atoms with Gasteiger partial charge in [0, 0.05) is 30.4 Å². The fraction of sp³-hybridized carbons (Fsp3) is 0.0500. The molecule has 0 fully saturated rings. The Morgan fingerprint density at radius 3 is 2.58 bits per heavy atom. The van der Waals surface area contributed by atoms with E-state index in [1.54, 1.807) is 6.07 Å². The second-order valence-corrected chi connectivity index (χ2v) is 7.88. The van der Waals surface area contributed by atoms with Crippen LogP contribution in [0.1, 0.15) is 0 Å². The molecule has 0 aliphatic rings. The van der Waals surface area contributed by atoms with Crippen LogP contribution in [-0.2, 0) is 0 Å². The second-order valence-electron chi connectivity index (χ2n) is 6.57. The standard InChI is InChI=1S/C20H14ClN7O4S/c1-27(20(29)30)19-23-14(11-6-3-2-4-7-11)15(33-19)16-24-17(21)26-18(25-16)22-12-8-5-9-13(10-12)28(31)32/h2-10H,1H3,(H,29,30)(H,22,24,25,26). The highest BCUT2D eigenvalue weighted by Crippen LogP contribution is 2.39. The number of nitro benzene ring substituents is 1. The number of carboxylic acid groups (broad SMARTS) is 1. The average molecular weight is 484 g/mol. The van der Waals surface area contributed by atoms with E-state index in [2.05, 4.69) is 25.3 Å². The van der Waals surface area contributed by atoms with Crippen molar-refractivity contribution < 1.29 is 14.8 Å². The highest BCUT2D eigenvalue weighted by atomic mass is 35.5. The molecule has 2 aromatic carbocycles. The molecule has 0 aliphatic heterocycles. The van der Waals surface area contributed by atoms with Crippen LogP contribution in [0, 0.1) is 10.1 Å². The van der Waals surface area contributed by atoms with E-state index < -0.39 is 11.0 Å². The molecule has 2 aromatic heterocycles. The monoisotopic (exact) mass is 483 g/mol. The molecule has 33 heavy (non-hydrogen) atoms. The van der Waals surface area contributed by atoms with Crippen molar-refractivity contribution in [2.45, 2.75) is 0 Å². The van der Waals surface area contributed by atoms with Crippen molar-refractivity contribution in [3.63, 3.8) is 0 Å². The molecule has 13 heteroatoms. The fourth-order valence-electron chi connectivity index (χ4n) is 2.81. The van der Waals surface area contributed by atoms with Gasteiger partial charge in [-0.25, -0.2) is 9.78 Å². The summed E-state index contributed by atoms with van der Waals surface area (Å²) in [5, 5.41) is 23.4. The first kappa shape index (κ1) is 22.0. The number of amides is 1. The normalized spacial score (nSPS) is 10.6. The molecule has 1 amide bonds. The van der Waals surface area contributed by atoms with Crippen molar-refractivity contribution in [3.05, 3.63) is 70.0 Å². The van der Waals surface area contributed by atoms with Gasteiger partial charge in [0.25, 0.3) is 5.69 Å². The van der Waals surface area contributed by atoms with Crippen LogP contribution < -0.4 is 10.2 Å². The number of carbonyl (C=O) groups is 1. The van der Waals surface area contributed by atoms with Crippen LogP contribution in [0.3, 0.4) is 0 Å². The molecule has 166 valence electrons. The third-order valence-electron chi connectivity index (χ3n) is 4.36. The molecular weight excluding hydrogens is 470 g/mol. The number of non-ortho nitro benzene ring substituents is 1. The van der Waals surface area contributed by atoms with Crippen LogP contribution in [0.5, 0.6) is 0 Å². The predicted molar refractivity (Wildman–Crippen MR) is 124 cm³/mol. The largest absolute Gasteiger partial charge is 0.465 e. The Kier molecular flexibility index (Phi) is 6.11. The maximum Gasteiger partial charge on any atom is 0.413 e. The second kappa shape index (κ2) is 9.14. The molecule has 2 N–H and O–H groups in total. The third kappa shape index (κ3) is 4.86. The molecule has 0 aliphatic carbocycles.